The molecular weight excluding hydrogens is 128 g/mol. The van der Waals surface area contributed by atoms with Crippen LogP contribution in [0.2, 0.25) is 0 Å². The molecule has 0 spiro atoms. The molecule has 10 heavy (non-hydrogen) atoms. The predicted molar refractivity (Wildman–Crippen MR) is 40.8 cm³/mol. The summed E-state index contributed by atoms with van der Waals surface area (Å²) in [7, 11) is 0. The van der Waals surface area contributed by atoms with Crippen LogP contribution in [-0.2, 0) is 4.79 Å². The van der Waals surface area contributed by atoms with Crippen molar-refractivity contribution in [3.8, 4) is 0 Å². The van der Waals surface area contributed by atoms with Crippen molar-refractivity contribution in [2.45, 2.75) is 39.7 Å². The Balaban J connectivity index is 3.56. The Labute approximate surface area is 62.2 Å². The van der Waals surface area contributed by atoms with Gasteiger partial charge in [-0.2, -0.15) is 0 Å². The number of aliphatic hydroxyl groups is 1. The molecule has 1 N–H and O–H groups in total. The average Bonchev–Trinajstić information content (AvgIpc) is 1.87. The first-order chi connectivity index (χ1) is 4.57. The topological polar surface area (TPSA) is 37.3 Å². The van der Waals surface area contributed by atoms with Gasteiger partial charge in [0.25, 0.3) is 0 Å². The summed E-state index contributed by atoms with van der Waals surface area (Å²) < 4.78 is 0. The third-order valence-corrected chi connectivity index (χ3v) is 1.79. The van der Waals surface area contributed by atoms with Gasteiger partial charge in [-0.15, -0.1) is 0 Å². The fourth-order valence-corrected chi connectivity index (χ4v) is 0.741. The first-order valence-corrected chi connectivity index (χ1v) is 3.76. The lowest BCUT2D eigenvalue weighted by atomic mass is 9.99. The Hall–Kier alpha value is -0.370. The molecule has 60 valence electrons. The quantitative estimate of drug-likeness (QED) is 0.647. The molecule has 0 aliphatic rings. The summed E-state index contributed by atoms with van der Waals surface area (Å²) in [4.78, 5) is 10.7. The van der Waals surface area contributed by atoms with Crippen molar-refractivity contribution in [1.82, 2.24) is 0 Å². The van der Waals surface area contributed by atoms with Gasteiger partial charge in [0.1, 0.15) is 5.78 Å². The van der Waals surface area contributed by atoms with E-state index in [1.807, 2.05) is 13.8 Å². The van der Waals surface area contributed by atoms with Crippen molar-refractivity contribution in [3.63, 3.8) is 0 Å². The van der Waals surface area contributed by atoms with E-state index in [9.17, 15) is 4.79 Å². The van der Waals surface area contributed by atoms with Crippen molar-refractivity contribution >= 4 is 5.78 Å². The lowest BCUT2D eigenvalue weighted by Gasteiger charge is -2.11. The minimum Gasteiger partial charge on any atom is -0.393 e. The molecule has 1 unspecified atom stereocenters. The normalized spacial score (nSPS) is 16.4. The van der Waals surface area contributed by atoms with Crippen LogP contribution in [0.4, 0.5) is 0 Å². The van der Waals surface area contributed by atoms with Gasteiger partial charge in [-0.05, 0) is 19.8 Å². The number of rotatable bonds is 4. The standard InChI is InChI=1S/C8H16O2/c1-4-8(10)5-6(2)7(3)9/h6,8,10H,4-5H2,1-3H3/t6-,8?/m0/s1. The molecule has 0 heterocycles. The average molecular weight is 144 g/mol. The Morgan fingerprint density at radius 3 is 2.40 bits per heavy atom. The number of carbonyl (C=O) groups excluding carboxylic acids is 1. The van der Waals surface area contributed by atoms with Crippen LogP contribution in [0, 0.1) is 5.92 Å². The molecule has 0 amide bonds. The zero-order chi connectivity index (χ0) is 8.15. The number of Topliss-reactive ketones (excluding diaryl/α,β-unsaturated/α-hetero) is 1. The number of hydrogen-bond acceptors (Lipinski definition) is 2. The lowest BCUT2D eigenvalue weighted by molar-refractivity contribution is -0.121. The van der Waals surface area contributed by atoms with Crippen LogP contribution in [0.5, 0.6) is 0 Å². The molecule has 0 aromatic heterocycles. The second kappa shape index (κ2) is 4.45. The molecule has 0 bridgehead atoms. The number of ketones is 1. The molecular formula is C8H16O2. The highest BCUT2D eigenvalue weighted by atomic mass is 16.3. The van der Waals surface area contributed by atoms with Crippen LogP contribution in [0.15, 0.2) is 0 Å². The van der Waals surface area contributed by atoms with Crippen molar-refractivity contribution in [2.75, 3.05) is 0 Å². The summed E-state index contributed by atoms with van der Waals surface area (Å²) in [5.74, 6) is 0.169. The van der Waals surface area contributed by atoms with E-state index in [0.29, 0.717) is 6.42 Å². The highest BCUT2D eigenvalue weighted by Gasteiger charge is 2.11. The van der Waals surface area contributed by atoms with Crippen LogP contribution >= 0.6 is 0 Å². The number of hydrogen-bond donors (Lipinski definition) is 1. The van der Waals surface area contributed by atoms with Gasteiger partial charge in [-0.1, -0.05) is 13.8 Å². The number of aliphatic hydroxyl groups excluding tert-OH is 1. The molecule has 0 aromatic carbocycles. The second-order valence-corrected chi connectivity index (χ2v) is 2.81. The van der Waals surface area contributed by atoms with E-state index in [-0.39, 0.29) is 17.8 Å². The molecule has 0 saturated carbocycles. The lowest BCUT2D eigenvalue weighted by Crippen LogP contribution is -2.15. The summed E-state index contributed by atoms with van der Waals surface area (Å²) >= 11 is 0. The zero-order valence-corrected chi connectivity index (χ0v) is 6.92. The zero-order valence-electron chi connectivity index (χ0n) is 6.92. The van der Waals surface area contributed by atoms with Gasteiger partial charge < -0.3 is 5.11 Å². The maximum absolute atomic E-state index is 10.7. The summed E-state index contributed by atoms with van der Waals surface area (Å²) in [6.45, 7) is 5.33. The van der Waals surface area contributed by atoms with Crippen molar-refractivity contribution < 1.29 is 9.90 Å². The van der Waals surface area contributed by atoms with Crippen molar-refractivity contribution in [3.05, 3.63) is 0 Å². The predicted octanol–water partition coefficient (Wildman–Crippen LogP) is 1.37. The van der Waals surface area contributed by atoms with E-state index in [4.69, 9.17) is 5.11 Å². The highest BCUT2D eigenvalue weighted by molar-refractivity contribution is 5.77. The Morgan fingerprint density at radius 1 is 1.60 bits per heavy atom. The van der Waals surface area contributed by atoms with Gasteiger partial charge in [0.15, 0.2) is 0 Å². The van der Waals surface area contributed by atoms with Crippen LogP contribution in [-0.4, -0.2) is 17.0 Å². The number of carbonyl (C=O) groups is 1. The van der Waals surface area contributed by atoms with Crippen LogP contribution < -0.4 is 0 Å². The maximum Gasteiger partial charge on any atom is 0.132 e. The van der Waals surface area contributed by atoms with E-state index in [1.165, 1.54) is 0 Å². The fraction of sp³-hybridized carbons (Fsp3) is 0.875. The van der Waals surface area contributed by atoms with Gasteiger partial charge >= 0.3 is 0 Å². The van der Waals surface area contributed by atoms with Gasteiger partial charge in [0.05, 0.1) is 6.10 Å². The molecule has 0 aliphatic heterocycles. The Bertz CT molecular complexity index is 110. The molecule has 0 rings (SSSR count). The third-order valence-electron chi connectivity index (χ3n) is 1.79. The minimum absolute atomic E-state index is 0.00921. The first kappa shape index (κ1) is 9.63. The summed E-state index contributed by atoms with van der Waals surface area (Å²) in [6, 6.07) is 0. The maximum atomic E-state index is 10.7. The van der Waals surface area contributed by atoms with E-state index in [1.54, 1.807) is 6.92 Å². The van der Waals surface area contributed by atoms with E-state index in [2.05, 4.69) is 0 Å². The molecule has 2 nitrogen and oxygen atoms in total. The largest absolute Gasteiger partial charge is 0.393 e. The molecule has 0 aromatic rings. The second-order valence-electron chi connectivity index (χ2n) is 2.81. The van der Waals surface area contributed by atoms with Crippen molar-refractivity contribution in [2.24, 2.45) is 5.92 Å². The van der Waals surface area contributed by atoms with Crippen LogP contribution in [0.1, 0.15) is 33.6 Å². The Morgan fingerprint density at radius 2 is 2.10 bits per heavy atom. The van der Waals surface area contributed by atoms with E-state index < -0.39 is 0 Å². The molecule has 0 saturated heterocycles. The van der Waals surface area contributed by atoms with E-state index in [0.717, 1.165) is 6.42 Å². The van der Waals surface area contributed by atoms with Crippen LogP contribution in [0.3, 0.4) is 0 Å². The van der Waals surface area contributed by atoms with Crippen LogP contribution in [0.25, 0.3) is 0 Å². The smallest absolute Gasteiger partial charge is 0.132 e. The Kier molecular flexibility index (Phi) is 4.28. The van der Waals surface area contributed by atoms with E-state index >= 15 is 0 Å². The molecule has 2 atom stereocenters. The summed E-state index contributed by atoms with van der Waals surface area (Å²) in [5, 5.41) is 9.12. The third kappa shape index (κ3) is 3.62. The SMILES string of the molecule is CCC(O)C[C@H](C)C(C)=O. The monoisotopic (exact) mass is 144 g/mol. The first-order valence-electron chi connectivity index (χ1n) is 3.76. The minimum atomic E-state index is -0.307. The van der Waals surface area contributed by atoms with Gasteiger partial charge in [0, 0.05) is 5.92 Å². The van der Waals surface area contributed by atoms with Gasteiger partial charge in [0.2, 0.25) is 0 Å². The molecule has 2 heteroatoms. The fourth-order valence-electron chi connectivity index (χ4n) is 0.741. The van der Waals surface area contributed by atoms with Gasteiger partial charge in [-0.3, -0.25) is 4.79 Å². The summed E-state index contributed by atoms with van der Waals surface area (Å²) in [5.41, 5.74) is 0. The molecule has 0 fully saturated rings. The van der Waals surface area contributed by atoms with Crippen molar-refractivity contribution in [1.29, 1.82) is 0 Å². The molecule has 0 radical (unpaired) electrons. The highest BCUT2D eigenvalue weighted by Crippen LogP contribution is 2.08. The summed E-state index contributed by atoms with van der Waals surface area (Å²) in [6.07, 6.45) is 1.03. The van der Waals surface area contributed by atoms with Gasteiger partial charge in [-0.25, -0.2) is 0 Å². The molecule has 0 aliphatic carbocycles.